The molecule has 3 atom stereocenters. The van der Waals surface area contributed by atoms with Gasteiger partial charge in [-0.1, -0.05) is 60.8 Å². The van der Waals surface area contributed by atoms with Gasteiger partial charge in [0.25, 0.3) is 5.91 Å². The highest BCUT2D eigenvalue weighted by Crippen LogP contribution is 2.44. The lowest BCUT2D eigenvalue weighted by Crippen LogP contribution is -2.38. The lowest BCUT2D eigenvalue weighted by atomic mass is 9.74. The van der Waals surface area contributed by atoms with E-state index in [0.29, 0.717) is 15.6 Å². The Kier molecular flexibility index (Phi) is 8.70. The van der Waals surface area contributed by atoms with Crippen LogP contribution in [0.4, 0.5) is 0 Å². The molecular formula is C31H30Cl2N2O3. The number of carbonyl (C=O) groups excluding carboxylic acids is 1. The summed E-state index contributed by atoms with van der Waals surface area (Å²) in [6, 6.07) is 20.4. The molecule has 2 N–H and O–H groups in total. The molecule has 1 amide bonds. The third-order valence-electron chi connectivity index (χ3n) is 6.92. The lowest BCUT2D eigenvalue weighted by molar-refractivity contribution is -0.138. The van der Waals surface area contributed by atoms with Crippen molar-refractivity contribution in [3.63, 3.8) is 0 Å². The van der Waals surface area contributed by atoms with Crippen molar-refractivity contribution in [1.29, 1.82) is 0 Å². The van der Waals surface area contributed by atoms with E-state index in [2.05, 4.69) is 35.4 Å². The van der Waals surface area contributed by atoms with Crippen LogP contribution in [0.3, 0.4) is 0 Å². The molecule has 0 aliphatic rings. The summed E-state index contributed by atoms with van der Waals surface area (Å²) in [6.07, 6.45) is 3.70. The highest BCUT2D eigenvalue weighted by atomic mass is 35.5. The first-order valence-electron chi connectivity index (χ1n) is 12.6. The van der Waals surface area contributed by atoms with Gasteiger partial charge in [-0.15, -0.1) is 0 Å². The smallest absolute Gasteiger partial charge is 0.325 e. The van der Waals surface area contributed by atoms with Gasteiger partial charge in [0.2, 0.25) is 0 Å². The minimum Gasteiger partial charge on any atom is -0.480 e. The quantitative estimate of drug-likeness (QED) is 0.224. The molecule has 0 saturated carbocycles. The minimum atomic E-state index is -1.08. The molecule has 4 rings (SSSR count). The van der Waals surface area contributed by atoms with Crippen LogP contribution in [0.5, 0.6) is 0 Å². The number of hydrogen-bond donors (Lipinski definition) is 2. The number of carboxylic acids is 1. The number of aliphatic carboxylic acids is 1. The lowest BCUT2D eigenvalue weighted by Gasteiger charge is -2.30. The summed E-state index contributed by atoms with van der Waals surface area (Å²) in [5.74, 6) is -1.44. The number of nitrogens with zero attached hydrogens (tertiary/aromatic N) is 1. The number of fused-ring (bicyclic) bond motifs is 1. The van der Waals surface area contributed by atoms with E-state index in [1.54, 1.807) is 12.1 Å². The van der Waals surface area contributed by atoms with Crippen molar-refractivity contribution in [1.82, 2.24) is 10.3 Å². The second-order valence-electron chi connectivity index (χ2n) is 9.60. The fraction of sp³-hybridized carbons (Fsp3) is 0.258. The van der Waals surface area contributed by atoms with Gasteiger partial charge in [0.15, 0.2) is 0 Å². The van der Waals surface area contributed by atoms with Gasteiger partial charge in [-0.3, -0.25) is 14.6 Å². The van der Waals surface area contributed by atoms with Gasteiger partial charge in [0, 0.05) is 33.1 Å². The van der Waals surface area contributed by atoms with Crippen molar-refractivity contribution in [3.8, 4) is 0 Å². The number of carbonyl (C=O) groups is 2. The highest BCUT2D eigenvalue weighted by Gasteiger charge is 2.28. The van der Waals surface area contributed by atoms with Gasteiger partial charge in [-0.05, 0) is 90.9 Å². The van der Waals surface area contributed by atoms with Crippen LogP contribution >= 0.6 is 23.2 Å². The summed E-state index contributed by atoms with van der Waals surface area (Å²) in [4.78, 5) is 28.4. The molecule has 38 heavy (non-hydrogen) atoms. The predicted molar refractivity (Wildman–Crippen MR) is 153 cm³/mol. The Bertz CT molecular complexity index is 1450. The van der Waals surface area contributed by atoms with Gasteiger partial charge in [0.1, 0.15) is 6.04 Å². The van der Waals surface area contributed by atoms with Crippen molar-refractivity contribution in [2.75, 3.05) is 0 Å². The molecule has 0 fully saturated rings. The van der Waals surface area contributed by atoms with Crippen LogP contribution in [0.15, 0.2) is 72.9 Å². The zero-order valence-electron chi connectivity index (χ0n) is 21.5. The van der Waals surface area contributed by atoms with Gasteiger partial charge in [-0.2, -0.15) is 0 Å². The second-order valence-corrected chi connectivity index (χ2v) is 10.5. The number of rotatable bonds is 9. The number of hydrogen-bond acceptors (Lipinski definition) is 3. The van der Waals surface area contributed by atoms with E-state index in [4.69, 9.17) is 28.3 Å². The van der Waals surface area contributed by atoms with Gasteiger partial charge < -0.3 is 10.4 Å². The molecule has 3 aromatic carbocycles. The van der Waals surface area contributed by atoms with E-state index in [1.165, 1.54) is 6.92 Å². The number of nitrogens with one attached hydrogen (secondary N) is 1. The summed E-state index contributed by atoms with van der Waals surface area (Å²) in [6.45, 7) is 5.61. The first-order chi connectivity index (χ1) is 18.2. The highest BCUT2D eigenvalue weighted by molar-refractivity contribution is 6.31. The van der Waals surface area contributed by atoms with Crippen LogP contribution in [0.1, 0.15) is 71.1 Å². The molecule has 1 unspecified atom stereocenters. The Morgan fingerprint density at radius 2 is 1.61 bits per heavy atom. The fourth-order valence-corrected chi connectivity index (χ4v) is 5.44. The number of aryl methyl sites for hydroxylation is 1. The molecule has 0 aliphatic carbocycles. The summed E-state index contributed by atoms with van der Waals surface area (Å²) in [5, 5.41) is 14.0. The number of pyridine rings is 1. The molecule has 0 saturated heterocycles. The maximum atomic E-state index is 12.6. The van der Waals surface area contributed by atoms with E-state index >= 15 is 0 Å². The number of benzene rings is 3. The first kappa shape index (κ1) is 27.6. The van der Waals surface area contributed by atoms with E-state index in [0.717, 1.165) is 46.0 Å². The minimum absolute atomic E-state index is 0.0257. The third-order valence-corrected chi connectivity index (χ3v) is 7.39. The number of carboxylic acid groups (broad SMARTS) is 1. The Hall–Kier alpha value is -3.41. The zero-order chi connectivity index (χ0) is 27.4. The third kappa shape index (κ3) is 6.01. The van der Waals surface area contributed by atoms with Gasteiger partial charge in [-0.25, -0.2) is 0 Å². The first-order valence-corrected chi connectivity index (χ1v) is 13.4. The normalized spacial score (nSPS) is 13.6. The molecule has 5 nitrogen and oxygen atoms in total. The van der Waals surface area contributed by atoms with Crippen molar-refractivity contribution in [2.24, 2.45) is 0 Å². The predicted octanol–water partition coefficient (Wildman–Crippen LogP) is 7.77. The van der Waals surface area contributed by atoms with Gasteiger partial charge in [0.05, 0.1) is 5.52 Å². The molecule has 0 bridgehead atoms. The number of aromatic nitrogens is 1. The van der Waals surface area contributed by atoms with Crippen LogP contribution in [0.2, 0.25) is 10.0 Å². The molecule has 0 aliphatic heterocycles. The Balaban J connectivity index is 1.83. The van der Waals surface area contributed by atoms with Crippen LogP contribution < -0.4 is 5.32 Å². The molecule has 7 heteroatoms. The summed E-state index contributed by atoms with van der Waals surface area (Å²) < 4.78 is 0. The van der Waals surface area contributed by atoms with Crippen molar-refractivity contribution in [2.45, 2.75) is 51.5 Å². The van der Waals surface area contributed by atoms with Gasteiger partial charge >= 0.3 is 5.97 Å². The van der Waals surface area contributed by atoms with E-state index in [9.17, 15) is 9.59 Å². The van der Waals surface area contributed by atoms with E-state index in [-0.39, 0.29) is 11.8 Å². The summed E-state index contributed by atoms with van der Waals surface area (Å²) >= 11 is 12.8. The van der Waals surface area contributed by atoms with Crippen LogP contribution in [0, 0.1) is 6.92 Å². The maximum Gasteiger partial charge on any atom is 0.325 e. The molecule has 4 aromatic rings. The summed E-state index contributed by atoms with van der Waals surface area (Å²) in [7, 11) is 0. The molecule has 196 valence electrons. The molecular weight excluding hydrogens is 519 g/mol. The monoisotopic (exact) mass is 548 g/mol. The Morgan fingerprint density at radius 1 is 0.947 bits per heavy atom. The van der Waals surface area contributed by atoms with E-state index < -0.39 is 17.9 Å². The average Bonchev–Trinajstić information content (AvgIpc) is 2.89. The molecule has 1 aromatic heterocycles. The Morgan fingerprint density at radius 3 is 2.24 bits per heavy atom. The standard InChI is InChI=1S/C31H30Cl2N2O3/c1-4-5-25(20-6-8-22(9-7-20)30(36)35-19(3)31(37)38)28(21-10-12-23(32)13-11-21)26-14-15-34-29-18(2)16-24(33)17-27(26)29/h6-17,19,25,28H,4-5H2,1-3H3,(H,35,36)(H,37,38)/t19-,25+,28?/m0/s1. The average molecular weight is 549 g/mol. The number of halogens is 2. The van der Waals surface area contributed by atoms with Crippen LogP contribution in [-0.4, -0.2) is 28.0 Å². The fourth-order valence-electron chi connectivity index (χ4n) is 5.04. The topological polar surface area (TPSA) is 79.3 Å². The zero-order valence-corrected chi connectivity index (χ0v) is 23.1. The van der Waals surface area contributed by atoms with Crippen molar-refractivity contribution < 1.29 is 14.7 Å². The summed E-state index contributed by atoms with van der Waals surface area (Å²) in [5.41, 5.74) is 5.67. The second kappa shape index (κ2) is 12.0. The van der Waals surface area contributed by atoms with Crippen molar-refractivity contribution >= 4 is 46.0 Å². The van der Waals surface area contributed by atoms with Crippen molar-refractivity contribution in [3.05, 3.63) is 111 Å². The maximum absolute atomic E-state index is 12.6. The van der Waals surface area contributed by atoms with E-state index in [1.807, 2.05) is 49.5 Å². The molecule has 0 radical (unpaired) electrons. The number of amides is 1. The molecule has 1 heterocycles. The van der Waals surface area contributed by atoms with Crippen LogP contribution in [-0.2, 0) is 4.79 Å². The van der Waals surface area contributed by atoms with Crippen LogP contribution in [0.25, 0.3) is 10.9 Å². The molecule has 0 spiro atoms. The SMILES string of the molecule is CCC[C@H](c1ccc(C(=O)N[C@@H](C)C(=O)O)cc1)C(c1ccc(Cl)cc1)c1ccnc2c(C)cc(Cl)cc12. The largest absolute Gasteiger partial charge is 0.480 e. The Labute approximate surface area is 232 Å².